The lowest BCUT2D eigenvalue weighted by Crippen LogP contribution is -2.20. The standard InChI is InChI=1S/C20H18ClN3O3/c1-2-19(25)14-3-6-16(7-4-14)27-12-20(26)23-15-5-8-18(17(21)11-15)24-10-9-22-13-24/h3-11,13H,2,12H2,1H3,(H,23,26). The maximum absolute atomic E-state index is 12.1. The maximum Gasteiger partial charge on any atom is 0.262 e. The summed E-state index contributed by atoms with van der Waals surface area (Å²) in [6, 6.07) is 11.9. The van der Waals surface area contributed by atoms with Gasteiger partial charge in [-0.3, -0.25) is 9.59 Å². The molecule has 0 saturated heterocycles. The largest absolute Gasteiger partial charge is 0.484 e. The molecule has 7 heteroatoms. The molecule has 0 saturated carbocycles. The molecule has 138 valence electrons. The lowest BCUT2D eigenvalue weighted by molar-refractivity contribution is -0.118. The number of aromatic nitrogens is 2. The van der Waals surface area contributed by atoms with Crippen molar-refractivity contribution < 1.29 is 14.3 Å². The van der Waals surface area contributed by atoms with Gasteiger partial charge in [-0.2, -0.15) is 0 Å². The average molecular weight is 384 g/mol. The Kier molecular flexibility index (Phi) is 5.88. The van der Waals surface area contributed by atoms with Crippen molar-refractivity contribution in [1.29, 1.82) is 0 Å². The first-order valence-electron chi connectivity index (χ1n) is 8.40. The minimum Gasteiger partial charge on any atom is -0.484 e. The molecule has 2 aromatic carbocycles. The molecule has 27 heavy (non-hydrogen) atoms. The number of hydrogen-bond acceptors (Lipinski definition) is 4. The zero-order valence-corrected chi connectivity index (χ0v) is 15.4. The highest BCUT2D eigenvalue weighted by Crippen LogP contribution is 2.24. The molecule has 0 unspecified atom stereocenters. The van der Waals surface area contributed by atoms with Crippen LogP contribution < -0.4 is 10.1 Å². The van der Waals surface area contributed by atoms with Crippen molar-refractivity contribution in [2.75, 3.05) is 11.9 Å². The third-order valence-corrected chi connectivity index (χ3v) is 4.18. The quantitative estimate of drug-likeness (QED) is 0.622. The Balaban J connectivity index is 1.56. The van der Waals surface area contributed by atoms with Crippen molar-refractivity contribution in [3.8, 4) is 11.4 Å². The molecule has 0 aliphatic heterocycles. The predicted molar refractivity (Wildman–Crippen MR) is 104 cm³/mol. The molecule has 0 bridgehead atoms. The third kappa shape index (κ3) is 4.74. The fourth-order valence-electron chi connectivity index (χ4n) is 2.48. The van der Waals surface area contributed by atoms with Gasteiger partial charge in [0.05, 0.1) is 17.0 Å². The number of nitrogens with zero attached hydrogens (tertiary/aromatic N) is 2. The van der Waals surface area contributed by atoms with E-state index in [-0.39, 0.29) is 18.3 Å². The summed E-state index contributed by atoms with van der Waals surface area (Å²) >= 11 is 6.27. The second kappa shape index (κ2) is 8.51. The van der Waals surface area contributed by atoms with Gasteiger partial charge in [-0.1, -0.05) is 18.5 Å². The highest BCUT2D eigenvalue weighted by molar-refractivity contribution is 6.32. The Morgan fingerprint density at radius 2 is 1.96 bits per heavy atom. The molecule has 3 aromatic rings. The summed E-state index contributed by atoms with van der Waals surface area (Å²) in [4.78, 5) is 27.7. The number of hydrogen-bond donors (Lipinski definition) is 1. The van der Waals surface area contributed by atoms with Crippen molar-refractivity contribution in [3.05, 3.63) is 71.8 Å². The Bertz CT molecular complexity index is 938. The van der Waals surface area contributed by atoms with E-state index in [1.807, 2.05) is 6.92 Å². The molecule has 0 atom stereocenters. The Morgan fingerprint density at radius 1 is 1.19 bits per heavy atom. The van der Waals surface area contributed by atoms with Crippen LogP contribution in [0.4, 0.5) is 5.69 Å². The number of nitrogens with one attached hydrogen (secondary N) is 1. The Hall–Kier alpha value is -3.12. The second-order valence-electron chi connectivity index (χ2n) is 5.77. The lowest BCUT2D eigenvalue weighted by Gasteiger charge is -2.10. The normalized spacial score (nSPS) is 10.4. The first kappa shape index (κ1) is 18.7. The summed E-state index contributed by atoms with van der Waals surface area (Å²) in [5.74, 6) is 0.275. The fraction of sp³-hybridized carbons (Fsp3) is 0.150. The summed E-state index contributed by atoms with van der Waals surface area (Å²) in [7, 11) is 0. The average Bonchev–Trinajstić information content (AvgIpc) is 3.20. The zero-order chi connectivity index (χ0) is 19.2. The fourth-order valence-corrected chi connectivity index (χ4v) is 2.76. The van der Waals surface area contributed by atoms with E-state index in [9.17, 15) is 9.59 Å². The van der Waals surface area contributed by atoms with Gasteiger partial charge in [0.2, 0.25) is 0 Å². The van der Waals surface area contributed by atoms with E-state index < -0.39 is 0 Å². The molecule has 1 aromatic heterocycles. The van der Waals surface area contributed by atoms with Crippen LogP contribution in [0.25, 0.3) is 5.69 Å². The van der Waals surface area contributed by atoms with Gasteiger partial charge < -0.3 is 14.6 Å². The summed E-state index contributed by atoms with van der Waals surface area (Å²) in [5.41, 5.74) is 1.97. The summed E-state index contributed by atoms with van der Waals surface area (Å²) in [6.45, 7) is 1.66. The number of benzene rings is 2. The van der Waals surface area contributed by atoms with Crippen molar-refractivity contribution in [3.63, 3.8) is 0 Å². The van der Waals surface area contributed by atoms with Crippen LogP contribution in [0.5, 0.6) is 5.75 Å². The topological polar surface area (TPSA) is 73.2 Å². The van der Waals surface area contributed by atoms with Crippen molar-refractivity contribution >= 4 is 29.0 Å². The second-order valence-corrected chi connectivity index (χ2v) is 6.18. The number of ether oxygens (including phenoxy) is 1. The van der Waals surface area contributed by atoms with E-state index in [2.05, 4.69) is 10.3 Å². The van der Waals surface area contributed by atoms with Crippen molar-refractivity contribution in [2.24, 2.45) is 0 Å². The van der Waals surface area contributed by atoms with Crippen molar-refractivity contribution in [2.45, 2.75) is 13.3 Å². The van der Waals surface area contributed by atoms with Gasteiger partial charge in [0.1, 0.15) is 5.75 Å². The number of halogens is 1. The molecule has 1 N–H and O–H groups in total. The van der Waals surface area contributed by atoms with Crippen LogP contribution in [0.1, 0.15) is 23.7 Å². The minimum atomic E-state index is -0.310. The SMILES string of the molecule is CCC(=O)c1ccc(OCC(=O)Nc2ccc(-n3ccnc3)c(Cl)c2)cc1. The molecule has 0 fully saturated rings. The van der Waals surface area contributed by atoms with Gasteiger partial charge in [0.15, 0.2) is 12.4 Å². The monoisotopic (exact) mass is 383 g/mol. The van der Waals surface area contributed by atoms with Gasteiger partial charge in [-0.15, -0.1) is 0 Å². The molecule has 0 spiro atoms. The third-order valence-electron chi connectivity index (χ3n) is 3.88. The van der Waals surface area contributed by atoms with Gasteiger partial charge >= 0.3 is 0 Å². The number of carbonyl (C=O) groups excluding carboxylic acids is 2. The molecular weight excluding hydrogens is 366 g/mol. The highest BCUT2D eigenvalue weighted by Gasteiger charge is 2.08. The lowest BCUT2D eigenvalue weighted by atomic mass is 10.1. The number of amides is 1. The molecule has 1 heterocycles. The maximum atomic E-state index is 12.1. The Labute approximate surface area is 161 Å². The van der Waals surface area contributed by atoms with Crippen LogP contribution in [-0.2, 0) is 4.79 Å². The molecule has 0 radical (unpaired) electrons. The van der Waals surface area contributed by atoms with E-state index in [1.165, 1.54) is 0 Å². The molecule has 6 nitrogen and oxygen atoms in total. The van der Waals surface area contributed by atoms with Gasteiger partial charge in [-0.05, 0) is 42.5 Å². The van der Waals surface area contributed by atoms with Crippen LogP contribution in [-0.4, -0.2) is 27.8 Å². The number of rotatable bonds is 7. The van der Waals surface area contributed by atoms with Crippen LogP contribution in [0.15, 0.2) is 61.2 Å². The summed E-state index contributed by atoms with van der Waals surface area (Å²) < 4.78 is 7.23. The number of anilines is 1. The van der Waals surface area contributed by atoms with Crippen LogP contribution in [0.3, 0.4) is 0 Å². The van der Waals surface area contributed by atoms with Gasteiger partial charge in [0.25, 0.3) is 5.91 Å². The van der Waals surface area contributed by atoms with Crippen LogP contribution in [0, 0.1) is 0 Å². The first-order valence-corrected chi connectivity index (χ1v) is 8.78. The first-order chi connectivity index (χ1) is 13.1. The molecule has 0 aliphatic carbocycles. The Morgan fingerprint density at radius 3 is 2.59 bits per heavy atom. The smallest absolute Gasteiger partial charge is 0.262 e. The van der Waals surface area contributed by atoms with E-state index >= 15 is 0 Å². The zero-order valence-electron chi connectivity index (χ0n) is 14.7. The number of carbonyl (C=O) groups is 2. The predicted octanol–water partition coefficient (Wildman–Crippen LogP) is 4.14. The molecule has 1 amide bonds. The summed E-state index contributed by atoms with van der Waals surface area (Å²) in [5, 5.41) is 3.23. The van der Waals surface area contributed by atoms with Crippen molar-refractivity contribution in [1.82, 2.24) is 9.55 Å². The van der Waals surface area contributed by atoms with Crippen LogP contribution in [0.2, 0.25) is 5.02 Å². The van der Waals surface area contributed by atoms with E-state index in [0.29, 0.717) is 28.4 Å². The number of ketones is 1. The molecule has 0 aliphatic rings. The van der Waals surface area contributed by atoms with E-state index in [1.54, 1.807) is 65.8 Å². The summed E-state index contributed by atoms with van der Waals surface area (Å²) in [6.07, 6.45) is 5.54. The highest BCUT2D eigenvalue weighted by atomic mass is 35.5. The minimum absolute atomic E-state index is 0.0651. The van der Waals surface area contributed by atoms with Gasteiger partial charge in [-0.25, -0.2) is 4.98 Å². The molecule has 3 rings (SSSR count). The van der Waals surface area contributed by atoms with E-state index in [0.717, 1.165) is 5.69 Å². The van der Waals surface area contributed by atoms with Crippen LogP contribution >= 0.6 is 11.6 Å². The van der Waals surface area contributed by atoms with Gasteiger partial charge in [0, 0.05) is 30.1 Å². The molecular formula is C20H18ClN3O3. The number of imidazole rings is 1. The number of Topliss-reactive ketones (excluding diaryl/α,β-unsaturated/α-hetero) is 1. The van der Waals surface area contributed by atoms with E-state index in [4.69, 9.17) is 16.3 Å².